The molecule has 1 unspecified atom stereocenters. The summed E-state index contributed by atoms with van der Waals surface area (Å²) in [6, 6.07) is 11.2. The van der Waals surface area contributed by atoms with Gasteiger partial charge in [0.1, 0.15) is 11.9 Å². The number of hydrogen-bond donors (Lipinski definition) is 1. The Balaban J connectivity index is 1.89. The first-order valence-corrected chi connectivity index (χ1v) is 5.75. The first kappa shape index (κ1) is 10.9. The van der Waals surface area contributed by atoms with Crippen molar-refractivity contribution in [3.05, 3.63) is 60.3 Å². The van der Waals surface area contributed by atoms with Gasteiger partial charge in [-0.15, -0.1) is 0 Å². The third kappa shape index (κ3) is 2.10. The second-order valence-corrected chi connectivity index (χ2v) is 4.08. The van der Waals surface area contributed by atoms with Gasteiger partial charge in [-0.25, -0.2) is 4.98 Å². The van der Waals surface area contributed by atoms with Gasteiger partial charge in [0.25, 0.3) is 0 Å². The maximum Gasteiger partial charge on any atom is 0.106 e. The fraction of sp³-hybridized carbons (Fsp3) is 0.143. The average Bonchev–Trinajstić information content (AvgIpc) is 2.91. The van der Waals surface area contributed by atoms with Crippen LogP contribution in [0.4, 0.5) is 0 Å². The van der Waals surface area contributed by atoms with Crippen molar-refractivity contribution in [2.24, 2.45) is 0 Å². The van der Waals surface area contributed by atoms with Gasteiger partial charge < -0.3 is 9.52 Å². The summed E-state index contributed by atoms with van der Waals surface area (Å²) in [6.07, 6.45) is 2.90. The highest BCUT2D eigenvalue weighted by atomic mass is 16.3. The van der Waals surface area contributed by atoms with Gasteiger partial charge in [-0.2, -0.15) is 0 Å². The fourth-order valence-electron chi connectivity index (χ4n) is 1.86. The van der Waals surface area contributed by atoms with Crippen LogP contribution < -0.4 is 0 Å². The second kappa shape index (κ2) is 4.58. The van der Waals surface area contributed by atoms with Crippen LogP contribution in [0, 0.1) is 0 Å². The molecular weight excluding hydrogens is 228 g/mol. The molecule has 0 aliphatic carbocycles. The molecule has 0 aliphatic rings. The molecule has 4 nitrogen and oxygen atoms in total. The third-order valence-electron chi connectivity index (χ3n) is 2.78. The van der Waals surface area contributed by atoms with Crippen LogP contribution in [0.5, 0.6) is 0 Å². The summed E-state index contributed by atoms with van der Waals surface area (Å²) in [5, 5.41) is 10.1. The van der Waals surface area contributed by atoms with E-state index in [1.54, 1.807) is 18.5 Å². The fourth-order valence-corrected chi connectivity index (χ4v) is 1.86. The molecule has 1 aromatic carbocycles. The van der Waals surface area contributed by atoms with Gasteiger partial charge in [-0.1, -0.05) is 12.1 Å². The molecule has 2 aromatic heterocycles. The second-order valence-electron chi connectivity index (χ2n) is 4.08. The number of para-hydroxylation sites is 2. The van der Waals surface area contributed by atoms with Gasteiger partial charge in [0.05, 0.1) is 29.2 Å². The van der Waals surface area contributed by atoms with E-state index in [1.165, 1.54) is 0 Å². The summed E-state index contributed by atoms with van der Waals surface area (Å²) in [5.74, 6) is 0.734. The Morgan fingerprint density at radius 1 is 1.11 bits per heavy atom. The van der Waals surface area contributed by atoms with Crippen molar-refractivity contribution in [3.8, 4) is 0 Å². The quantitative estimate of drug-likeness (QED) is 0.764. The molecule has 3 rings (SSSR count). The molecule has 2 heterocycles. The van der Waals surface area contributed by atoms with E-state index in [0.717, 1.165) is 16.8 Å². The number of aliphatic hydroxyl groups is 1. The zero-order valence-corrected chi connectivity index (χ0v) is 9.65. The lowest BCUT2D eigenvalue weighted by Gasteiger charge is -2.08. The molecule has 0 radical (unpaired) electrons. The van der Waals surface area contributed by atoms with Crippen molar-refractivity contribution in [2.75, 3.05) is 0 Å². The van der Waals surface area contributed by atoms with Crippen LogP contribution in [-0.2, 0) is 6.42 Å². The van der Waals surface area contributed by atoms with E-state index in [9.17, 15) is 5.11 Å². The molecule has 0 saturated carbocycles. The van der Waals surface area contributed by atoms with Gasteiger partial charge in [-0.05, 0) is 24.3 Å². The number of nitrogens with zero attached hydrogens (tertiary/aromatic N) is 2. The average molecular weight is 240 g/mol. The molecule has 0 spiro atoms. The van der Waals surface area contributed by atoms with E-state index >= 15 is 0 Å². The molecule has 0 bridgehead atoms. The van der Waals surface area contributed by atoms with Crippen molar-refractivity contribution >= 4 is 11.0 Å². The van der Waals surface area contributed by atoms with E-state index in [4.69, 9.17) is 4.42 Å². The van der Waals surface area contributed by atoms with Gasteiger partial charge in [0.15, 0.2) is 0 Å². The first-order chi connectivity index (χ1) is 8.83. The molecule has 90 valence electrons. The zero-order chi connectivity index (χ0) is 12.4. The Hall–Kier alpha value is -2.20. The van der Waals surface area contributed by atoms with Crippen LogP contribution in [0.15, 0.2) is 53.3 Å². The molecule has 1 atom stereocenters. The van der Waals surface area contributed by atoms with E-state index in [-0.39, 0.29) is 0 Å². The summed E-state index contributed by atoms with van der Waals surface area (Å²) in [6.45, 7) is 0. The highest BCUT2D eigenvalue weighted by Crippen LogP contribution is 2.18. The minimum atomic E-state index is -0.701. The largest absolute Gasteiger partial charge is 0.469 e. The smallest absolute Gasteiger partial charge is 0.106 e. The molecule has 0 aliphatic heterocycles. The van der Waals surface area contributed by atoms with Crippen LogP contribution >= 0.6 is 0 Å². The molecule has 0 saturated heterocycles. The maximum atomic E-state index is 10.1. The van der Waals surface area contributed by atoms with Crippen molar-refractivity contribution in [2.45, 2.75) is 12.5 Å². The minimum absolute atomic E-state index is 0.403. The van der Waals surface area contributed by atoms with Crippen LogP contribution in [0.1, 0.15) is 17.6 Å². The number of aromatic nitrogens is 2. The predicted molar refractivity (Wildman–Crippen MR) is 66.9 cm³/mol. The lowest BCUT2D eigenvalue weighted by atomic mass is 10.1. The molecule has 1 N–H and O–H groups in total. The van der Waals surface area contributed by atoms with Gasteiger partial charge >= 0.3 is 0 Å². The van der Waals surface area contributed by atoms with Gasteiger partial charge in [0, 0.05) is 6.42 Å². The standard InChI is InChI=1S/C14H12N2O2/c17-14(8-10-4-3-7-18-10)13-9-15-11-5-1-2-6-12(11)16-13/h1-7,9,14,17H,8H2. The third-order valence-corrected chi connectivity index (χ3v) is 2.78. The number of benzene rings is 1. The molecule has 0 fully saturated rings. The molecule has 18 heavy (non-hydrogen) atoms. The van der Waals surface area contributed by atoms with E-state index in [0.29, 0.717) is 12.1 Å². The lowest BCUT2D eigenvalue weighted by molar-refractivity contribution is 0.166. The van der Waals surface area contributed by atoms with E-state index < -0.39 is 6.10 Å². The number of aliphatic hydroxyl groups excluding tert-OH is 1. The summed E-state index contributed by atoms with van der Waals surface area (Å²) < 4.78 is 5.20. The Bertz CT molecular complexity index is 650. The number of fused-ring (bicyclic) bond motifs is 1. The van der Waals surface area contributed by atoms with E-state index in [2.05, 4.69) is 9.97 Å². The van der Waals surface area contributed by atoms with Gasteiger partial charge in [0.2, 0.25) is 0 Å². The van der Waals surface area contributed by atoms with Crippen molar-refractivity contribution in [3.63, 3.8) is 0 Å². The first-order valence-electron chi connectivity index (χ1n) is 5.75. The highest BCUT2D eigenvalue weighted by molar-refractivity contribution is 5.73. The van der Waals surface area contributed by atoms with Crippen LogP contribution in [-0.4, -0.2) is 15.1 Å². The van der Waals surface area contributed by atoms with Crippen LogP contribution in [0.25, 0.3) is 11.0 Å². The summed E-state index contributed by atoms with van der Waals surface area (Å²) in [7, 11) is 0. The van der Waals surface area contributed by atoms with Crippen molar-refractivity contribution < 1.29 is 9.52 Å². The Kier molecular flexibility index (Phi) is 2.78. The van der Waals surface area contributed by atoms with Gasteiger partial charge in [-0.3, -0.25) is 4.98 Å². The zero-order valence-electron chi connectivity index (χ0n) is 9.65. The highest BCUT2D eigenvalue weighted by Gasteiger charge is 2.12. The van der Waals surface area contributed by atoms with Crippen LogP contribution in [0.2, 0.25) is 0 Å². The Morgan fingerprint density at radius 3 is 2.72 bits per heavy atom. The van der Waals surface area contributed by atoms with Crippen molar-refractivity contribution in [1.82, 2.24) is 9.97 Å². The normalized spacial score (nSPS) is 12.7. The topological polar surface area (TPSA) is 59.2 Å². The SMILES string of the molecule is OC(Cc1ccco1)c1cnc2ccccc2n1. The molecular formula is C14H12N2O2. The Morgan fingerprint density at radius 2 is 1.94 bits per heavy atom. The van der Waals surface area contributed by atoms with E-state index in [1.807, 2.05) is 30.3 Å². The Labute approximate surface area is 104 Å². The minimum Gasteiger partial charge on any atom is -0.469 e. The molecule has 0 amide bonds. The number of furan rings is 1. The monoisotopic (exact) mass is 240 g/mol. The lowest BCUT2D eigenvalue weighted by Crippen LogP contribution is -2.04. The van der Waals surface area contributed by atoms with Crippen molar-refractivity contribution in [1.29, 1.82) is 0 Å². The summed E-state index contributed by atoms with van der Waals surface area (Å²) >= 11 is 0. The summed E-state index contributed by atoms with van der Waals surface area (Å²) in [4.78, 5) is 8.68. The maximum absolute atomic E-state index is 10.1. The number of hydrogen-bond acceptors (Lipinski definition) is 4. The predicted octanol–water partition coefficient (Wildman–Crippen LogP) is 2.50. The number of rotatable bonds is 3. The van der Waals surface area contributed by atoms with Crippen LogP contribution in [0.3, 0.4) is 0 Å². The molecule has 4 heteroatoms. The summed E-state index contributed by atoms with van der Waals surface area (Å²) in [5.41, 5.74) is 2.17. The molecule has 3 aromatic rings.